The van der Waals surface area contributed by atoms with Gasteiger partial charge in [-0.3, -0.25) is 19.2 Å². The highest BCUT2D eigenvalue weighted by atomic mass is 32.2. The van der Waals surface area contributed by atoms with Crippen LogP contribution in [0.25, 0.3) is 0 Å². The van der Waals surface area contributed by atoms with Crippen LogP contribution >= 0.6 is 11.8 Å². The molecule has 0 aromatic heterocycles. The van der Waals surface area contributed by atoms with Crippen LogP contribution in [0.15, 0.2) is 48.5 Å². The maximum Gasteiger partial charge on any atom is 0.307 e. The van der Waals surface area contributed by atoms with Crippen molar-refractivity contribution in [3.05, 3.63) is 59.7 Å². The summed E-state index contributed by atoms with van der Waals surface area (Å²) in [6.45, 7) is 2.02. The molecule has 2 aromatic rings. The topological polar surface area (TPSA) is 104 Å². The molecule has 3 rings (SSSR count). The summed E-state index contributed by atoms with van der Waals surface area (Å²) >= 11 is 0.846. The third-order valence-corrected chi connectivity index (χ3v) is 5.53. The molecule has 0 radical (unpaired) electrons. The number of nitrogens with one attached hydrogen (secondary N) is 1. The number of imide groups is 1. The van der Waals surface area contributed by atoms with Crippen molar-refractivity contribution in [3.63, 3.8) is 0 Å². The lowest BCUT2D eigenvalue weighted by Gasteiger charge is -2.14. The van der Waals surface area contributed by atoms with E-state index in [9.17, 15) is 19.2 Å². The summed E-state index contributed by atoms with van der Waals surface area (Å²) in [4.78, 5) is 49.1. The van der Waals surface area contributed by atoms with Crippen LogP contribution in [0.4, 0.5) is 16.2 Å². The molecule has 3 amide bonds. The van der Waals surface area contributed by atoms with Gasteiger partial charge in [-0.05, 0) is 53.6 Å². The number of carbonyl (C=O) groups is 4. The predicted molar refractivity (Wildman–Crippen MR) is 111 cm³/mol. The second kappa shape index (κ2) is 8.91. The van der Waals surface area contributed by atoms with E-state index in [-0.39, 0.29) is 12.8 Å². The second-order valence-corrected chi connectivity index (χ2v) is 7.74. The van der Waals surface area contributed by atoms with Gasteiger partial charge in [-0.1, -0.05) is 31.2 Å². The number of carboxylic acid groups (broad SMARTS) is 1. The molecule has 8 heteroatoms. The Labute approximate surface area is 172 Å². The van der Waals surface area contributed by atoms with Gasteiger partial charge in [-0.25, -0.2) is 4.90 Å². The van der Waals surface area contributed by atoms with Crippen LogP contribution in [-0.4, -0.2) is 33.4 Å². The van der Waals surface area contributed by atoms with E-state index in [2.05, 4.69) is 5.32 Å². The van der Waals surface area contributed by atoms with E-state index >= 15 is 0 Å². The second-order valence-electron chi connectivity index (χ2n) is 6.59. The van der Waals surface area contributed by atoms with Gasteiger partial charge >= 0.3 is 5.97 Å². The molecule has 1 saturated heterocycles. The van der Waals surface area contributed by atoms with Crippen LogP contribution in [0.5, 0.6) is 0 Å². The van der Waals surface area contributed by atoms with Crippen molar-refractivity contribution in [2.45, 2.75) is 31.4 Å². The fraction of sp³-hybridized carbons (Fsp3) is 0.238. The lowest BCUT2D eigenvalue weighted by molar-refractivity contribution is -0.136. The standard InChI is InChI=1S/C21H20N2O5S/c1-2-13-5-9-16(10-6-13)23-20(27)17(29-21(23)28)12-18(24)22-15-7-3-14(4-8-15)11-19(25)26/h3-10,17H,2,11-12H2,1H3,(H,22,24)(H,25,26). The molecule has 0 saturated carbocycles. The highest BCUT2D eigenvalue weighted by Gasteiger charge is 2.41. The number of thioether (sulfide) groups is 1. The molecule has 0 spiro atoms. The number of rotatable bonds is 7. The molecule has 1 heterocycles. The monoisotopic (exact) mass is 412 g/mol. The molecular weight excluding hydrogens is 392 g/mol. The summed E-state index contributed by atoms with van der Waals surface area (Å²) in [5.74, 6) is -1.73. The number of aliphatic carboxylic acids is 1. The predicted octanol–water partition coefficient (Wildman–Crippen LogP) is 3.47. The number of benzene rings is 2. The van der Waals surface area contributed by atoms with Crippen molar-refractivity contribution >= 4 is 46.2 Å². The molecule has 2 N–H and O–H groups in total. The fourth-order valence-electron chi connectivity index (χ4n) is 2.96. The molecule has 1 unspecified atom stereocenters. The highest BCUT2D eigenvalue weighted by molar-refractivity contribution is 8.15. The lowest BCUT2D eigenvalue weighted by atomic mass is 10.1. The SMILES string of the molecule is CCc1ccc(N2C(=O)SC(CC(=O)Nc3ccc(CC(=O)O)cc3)C2=O)cc1. The normalized spacial score (nSPS) is 16.2. The smallest absolute Gasteiger partial charge is 0.307 e. The Bertz CT molecular complexity index is 941. The Morgan fingerprint density at radius 3 is 2.24 bits per heavy atom. The first kappa shape index (κ1) is 20.6. The average Bonchev–Trinajstić information content (AvgIpc) is 2.96. The minimum atomic E-state index is -0.933. The van der Waals surface area contributed by atoms with Gasteiger partial charge in [0.2, 0.25) is 11.8 Å². The van der Waals surface area contributed by atoms with Gasteiger partial charge < -0.3 is 10.4 Å². The van der Waals surface area contributed by atoms with E-state index in [1.165, 1.54) is 0 Å². The molecule has 0 aliphatic carbocycles. The summed E-state index contributed by atoms with van der Waals surface area (Å²) in [6, 6.07) is 13.6. The number of hydrogen-bond acceptors (Lipinski definition) is 5. The number of amides is 3. The maximum atomic E-state index is 12.7. The van der Waals surface area contributed by atoms with Gasteiger partial charge in [0.05, 0.1) is 12.1 Å². The minimum absolute atomic E-state index is 0.0986. The Kier molecular flexibility index (Phi) is 6.33. The Morgan fingerprint density at radius 1 is 1.03 bits per heavy atom. The van der Waals surface area contributed by atoms with Gasteiger partial charge in [0, 0.05) is 12.1 Å². The minimum Gasteiger partial charge on any atom is -0.481 e. The summed E-state index contributed by atoms with van der Waals surface area (Å²) in [7, 11) is 0. The van der Waals surface area contributed by atoms with E-state index in [0.717, 1.165) is 28.6 Å². The molecule has 150 valence electrons. The third kappa shape index (κ3) is 5.03. The van der Waals surface area contributed by atoms with Crippen LogP contribution in [0.2, 0.25) is 0 Å². The van der Waals surface area contributed by atoms with Crippen LogP contribution in [0, 0.1) is 0 Å². The van der Waals surface area contributed by atoms with Crippen LogP contribution < -0.4 is 10.2 Å². The fourth-order valence-corrected chi connectivity index (χ4v) is 3.95. The summed E-state index contributed by atoms with van der Waals surface area (Å²) in [5, 5.41) is 10.3. The Hall–Kier alpha value is -3.13. The molecular formula is C21H20N2O5S. The first-order valence-corrected chi connectivity index (χ1v) is 9.99. The molecule has 0 bridgehead atoms. The van der Waals surface area contributed by atoms with Crippen LogP contribution in [0.1, 0.15) is 24.5 Å². The van der Waals surface area contributed by atoms with E-state index in [1.807, 2.05) is 19.1 Å². The molecule has 1 aliphatic rings. The zero-order chi connectivity index (χ0) is 21.0. The first-order chi connectivity index (χ1) is 13.9. The summed E-state index contributed by atoms with van der Waals surface area (Å²) in [5.41, 5.74) is 2.72. The Balaban J connectivity index is 1.61. The van der Waals surface area contributed by atoms with Crippen LogP contribution in [0.3, 0.4) is 0 Å². The van der Waals surface area contributed by atoms with Gasteiger partial charge in [0.25, 0.3) is 5.24 Å². The van der Waals surface area contributed by atoms with Crippen molar-refractivity contribution in [3.8, 4) is 0 Å². The summed E-state index contributed by atoms with van der Waals surface area (Å²) in [6.07, 6.45) is 0.630. The Morgan fingerprint density at radius 2 is 1.66 bits per heavy atom. The van der Waals surface area contributed by atoms with Gasteiger partial charge in [0.1, 0.15) is 5.25 Å². The highest BCUT2D eigenvalue weighted by Crippen LogP contribution is 2.33. The zero-order valence-electron chi connectivity index (χ0n) is 15.8. The number of aryl methyl sites for hydroxylation is 1. The van der Waals surface area contributed by atoms with Gasteiger partial charge in [-0.15, -0.1) is 0 Å². The lowest BCUT2D eigenvalue weighted by Crippen LogP contribution is -2.32. The number of hydrogen-bond donors (Lipinski definition) is 2. The van der Waals surface area contributed by atoms with Crippen LogP contribution in [-0.2, 0) is 27.2 Å². The van der Waals surface area contributed by atoms with Crippen molar-refractivity contribution in [2.24, 2.45) is 0 Å². The molecule has 1 atom stereocenters. The third-order valence-electron chi connectivity index (χ3n) is 4.49. The molecule has 7 nitrogen and oxygen atoms in total. The molecule has 1 aliphatic heterocycles. The van der Waals surface area contributed by atoms with E-state index in [0.29, 0.717) is 16.9 Å². The first-order valence-electron chi connectivity index (χ1n) is 9.11. The van der Waals surface area contributed by atoms with Crippen molar-refractivity contribution in [2.75, 3.05) is 10.2 Å². The quantitative estimate of drug-likeness (QED) is 0.722. The van der Waals surface area contributed by atoms with E-state index < -0.39 is 28.3 Å². The number of carboxylic acids is 1. The number of anilines is 2. The zero-order valence-corrected chi connectivity index (χ0v) is 16.6. The maximum absolute atomic E-state index is 12.7. The average molecular weight is 412 g/mol. The van der Waals surface area contributed by atoms with Crippen molar-refractivity contribution in [1.29, 1.82) is 0 Å². The number of carbonyl (C=O) groups excluding carboxylic acids is 3. The van der Waals surface area contributed by atoms with E-state index in [1.54, 1.807) is 36.4 Å². The van der Waals surface area contributed by atoms with Crippen molar-refractivity contribution in [1.82, 2.24) is 0 Å². The van der Waals surface area contributed by atoms with Gasteiger partial charge in [-0.2, -0.15) is 0 Å². The van der Waals surface area contributed by atoms with Gasteiger partial charge in [0.15, 0.2) is 0 Å². The van der Waals surface area contributed by atoms with Crippen molar-refractivity contribution < 1.29 is 24.3 Å². The molecule has 1 fully saturated rings. The molecule has 29 heavy (non-hydrogen) atoms. The number of nitrogens with zero attached hydrogens (tertiary/aromatic N) is 1. The molecule has 2 aromatic carbocycles. The largest absolute Gasteiger partial charge is 0.481 e. The van der Waals surface area contributed by atoms with E-state index in [4.69, 9.17) is 5.11 Å². The summed E-state index contributed by atoms with van der Waals surface area (Å²) < 4.78 is 0.